The number of hydrogen-bond acceptors (Lipinski definition) is 7. The molecule has 170 valence electrons. The van der Waals surface area contributed by atoms with Gasteiger partial charge in [-0.25, -0.2) is 4.98 Å². The van der Waals surface area contributed by atoms with Gasteiger partial charge in [0.2, 0.25) is 5.91 Å². The number of nitrogens with zero attached hydrogens (tertiary/aromatic N) is 2. The molecule has 2 heterocycles. The van der Waals surface area contributed by atoms with Crippen LogP contribution in [-0.2, 0) is 4.79 Å². The monoisotopic (exact) mass is 481 g/mol. The average Bonchev–Trinajstić information content (AvgIpc) is 3.28. The Bertz CT molecular complexity index is 1370. The van der Waals surface area contributed by atoms with E-state index < -0.39 is 0 Å². The van der Waals surface area contributed by atoms with Crippen LogP contribution < -0.4 is 20.3 Å². The Kier molecular flexibility index (Phi) is 6.71. The summed E-state index contributed by atoms with van der Waals surface area (Å²) in [4.78, 5) is 30.8. The third-order valence-corrected chi connectivity index (χ3v) is 6.85. The van der Waals surface area contributed by atoms with Crippen molar-refractivity contribution in [2.24, 2.45) is 0 Å². The molecule has 0 aliphatic carbocycles. The first-order chi connectivity index (χ1) is 15.9. The quantitative estimate of drug-likeness (QED) is 0.301. The highest BCUT2D eigenvalue weighted by Crippen LogP contribution is 2.28. The minimum atomic E-state index is -0.234. The molecule has 0 spiro atoms. The lowest BCUT2D eigenvalue weighted by atomic mass is 10.1. The third-order valence-electron chi connectivity index (χ3n) is 5.02. The predicted molar refractivity (Wildman–Crippen MR) is 134 cm³/mol. The number of aryl methyl sites for hydroxylation is 2. The van der Waals surface area contributed by atoms with Crippen LogP contribution in [0.1, 0.15) is 11.1 Å². The number of carbonyl (C=O) groups excluding carboxylic acids is 1. The Labute approximate surface area is 199 Å². The number of carbonyl (C=O) groups is 1. The number of benzene rings is 2. The molecular formula is C24H23N3O4S2. The molecule has 33 heavy (non-hydrogen) atoms. The lowest BCUT2D eigenvalue weighted by Gasteiger charge is -2.15. The second-order valence-corrected chi connectivity index (χ2v) is 9.26. The van der Waals surface area contributed by atoms with Crippen LogP contribution in [0.25, 0.3) is 15.9 Å². The zero-order valence-electron chi connectivity index (χ0n) is 18.7. The van der Waals surface area contributed by atoms with Crippen LogP contribution in [0, 0.1) is 13.8 Å². The van der Waals surface area contributed by atoms with Crippen molar-refractivity contribution in [1.29, 1.82) is 0 Å². The van der Waals surface area contributed by atoms with E-state index in [0.717, 1.165) is 16.8 Å². The highest BCUT2D eigenvalue weighted by Gasteiger charge is 2.17. The third kappa shape index (κ3) is 4.89. The lowest BCUT2D eigenvalue weighted by Crippen LogP contribution is -2.23. The van der Waals surface area contributed by atoms with Crippen LogP contribution >= 0.6 is 23.1 Å². The van der Waals surface area contributed by atoms with Gasteiger partial charge in [0.25, 0.3) is 5.56 Å². The van der Waals surface area contributed by atoms with E-state index in [2.05, 4.69) is 5.32 Å². The Morgan fingerprint density at radius 3 is 2.52 bits per heavy atom. The van der Waals surface area contributed by atoms with Crippen molar-refractivity contribution in [3.8, 4) is 17.2 Å². The summed E-state index contributed by atoms with van der Waals surface area (Å²) < 4.78 is 12.7. The SMILES string of the molecule is COc1cc(NC(=O)CSc2nc3ccsc3c(=O)n2-c2cc(C)ccc2C)cc(OC)c1. The van der Waals surface area contributed by atoms with E-state index in [-0.39, 0.29) is 17.2 Å². The normalized spacial score (nSPS) is 10.9. The van der Waals surface area contributed by atoms with E-state index in [0.29, 0.717) is 32.6 Å². The zero-order valence-corrected chi connectivity index (χ0v) is 20.3. The van der Waals surface area contributed by atoms with Gasteiger partial charge in [-0.05, 0) is 42.5 Å². The first-order valence-electron chi connectivity index (χ1n) is 10.1. The molecule has 1 N–H and O–H groups in total. The molecular weight excluding hydrogens is 458 g/mol. The van der Waals surface area contributed by atoms with Crippen LogP contribution in [0.4, 0.5) is 5.69 Å². The fourth-order valence-electron chi connectivity index (χ4n) is 3.37. The summed E-state index contributed by atoms with van der Waals surface area (Å²) in [5, 5.41) is 5.18. The number of methoxy groups -OCH3 is 2. The highest BCUT2D eigenvalue weighted by atomic mass is 32.2. The van der Waals surface area contributed by atoms with Crippen molar-refractivity contribution < 1.29 is 14.3 Å². The van der Waals surface area contributed by atoms with E-state index in [1.54, 1.807) is 37.0 Å². The molecule has 0 unspecified atom stereocenters. The first-order valence-corrected chi connectivity index (χ1v) is 12.0. The molecule has 0 atom stereocenters. The van der Waals surface area contributed by atoms with E-state index in [4.69, 9.17) is 14.5 Å². The number of ether oxygens (including phenoxy) is 2. The molecule has 2 aromatic carbocycles. The van der Waals surface area contributed by atoms with Gasteiger partial charge in [0, 0.05) is 23.9 Å². The second-order valence-electron chi connectivity index (χ2n) is 7.40. The Morgan fingerprint density at radius 2 is 1.82 bits per heavy atom. The van der Waals surface area contributed by atoms with Gasteiger partial charge in [0.15, 0.2) is 5.16 Å². The van der Waals surface area contributed by atoms with Crippen molar-refractivity contribution >= 4 is 44.9 Å². The summed E-state index contributed by atoms with van der Waals surface area (Å²) in [7, 11) is 3.10. The molecule has 0 fully saturated rings. The first kappa shape index (κ1) is 22.9. The number of hydrogen-bond donors (Lipinski definition) is 1. The molecule has 1 amide bonds. The van der Waals surface area contributed by atoms with Gasteiger partial charge in [-0.3, -0.25) is 14.2 Å². The number of thioether (sulfide) groups is 1. The Hall–Kier alpha value is -3.30. The van der Waals surface area contributed by atoms with Crippen LogP contribution in [0.3, 0.4) is 0 Å². The summed E-state index contributed by atoms with van der Waals surface area (Å²) in [5.74, 6) is 0.991. The molecule has 0 radical (unpaired) electrons. The number of nitrogens with one attached hydrogen (secondary N) is 1. The van der Waals surface area contributed by atoms with Crippen molar-refractivity contribution in [1.82, 2.24) is 9.55 Å². The second kappa shape index (κ2) is 9.68. The molecule has 4 aromatic rings. The number of anilines is 1. The van der Waals surface area contributed by atoms with E-state index in [1.165, 1.54) is 23.1 Å². The van der Waals surface area contributed by atoms with E-state index in [9.17, 15) is 9.59 Å². The topological polar surface area (TPSA) is 82.5 Å². The summed E-state index contributed by atoms with van der Waals surface area (Å²) in [6, 6.07) is 12.9. The van der Waals surface area contributed by atoms with Crippen molar-refractivity contribution in [2.45, 2.75) is 19.0 Å². The summed E-state index contributed by atoms with van der Waals surface area (Å²) in [6.07, 6.45) is 0. The minimum Gasteiger partial charge on any atom is -0.497 e. The Morgan fingerprint density at radius 1 is 1.09 bits per heavy atom. The molecule has 0 saturated heterocycles. The van der Waals surface area contributed by atoms with Crippen molar-refractivity contribution in [3.05, 3.63) is 69.3 Å². The van der Waals surface area contributed by atoms with Gasteiger partial charge >= 0.3 is 0 Å². The van der Waals surface area contributed by atoms with Crippen LogP contribution in [-0.4, -0.2) is 35.4 Å². The Balaban J connectivity index is 1.64. The maximum Gasteiger partial charge on any atom is 0.276 e. The van der Waals surface area contributed by atoms with E-state index >= 15 is 0 Å². The molecule has 9 heteroatoms. The number of amides is 1. The van der Waals surface area contributed by atoms with Gasteiger partial charge in [0.1, 0.15) is 16.2 Å². The molecule has 0 saturated carbocycles. The van der Waals surface area contributed by atoms with Crippen molar-refractivity contribution in [3.63, 3.8) is 0 Å². The van der Waals surface area contributed by atoms with Gasteiger partial charge in [0.05, 0.1) is 31.2 Å². The fourth-order valence-corrected chi connectivity index (χ4v) is 4.93. The van der Waals surface area contributed by atoms with Gasteiger partial charge in [-0.15, -0.1) is 11.3 Å². The fraction of sp³-hybridized carbons (Fsp3) is 0.208. The number of fused-ring (bicyclic) bond motifs is 1. The predicted octanol–water partition coefficient (Wildman–Crippen LogP) is 4.81. The molecule has 7 nitrogen and oxygen atoms in total. The zero-order chi connectivity index (χ0) is 23.5. The van der Waals surface area contributed by atoms with E-state index in [1.807, 2.05) is 43.5 Å². The minimum absolute atomic E-state index is 0.0759. The average molecular weight is 482 g/mol. The number of aromatic nitrogens is 2. The smallest absolute Gasteiger partial charge is 0.276 e. The summed E-state index contributed by atoms with van der Waals surface area (Å²) in [6.45, 7) is 3.94. The molecule has 4 rings (SSSR count). The molecule has 0 bridgehead atoms. The van der Waals surface area contributed by atoms with Crippen LogP contribution in [0.15, 0.2) is 57.8 Å². The van der Waals surface area contributed by atoms with Gasteiger partial charge < -0.3 is 14.8 Å². The molecule has 2 aromatic heterocycles. The summed E-state index contributed by atoms with van der Waals surface area (Å²) in [5.41, 5.74) is 3.81. The van der Waals surface area contributed by atoms with Crippen LogP contribution in [0.2, 0.25) is 0 Å². The van der Waals surface area contributed by atoms with Crippen molar-refractivity contribution in [2.75, 3.05) is 25.3 Å². The standard InChI is InChI=1S/C24H23N3O4S2/c1-14-5-6-15(2)20(9-14)27-23(29)22-19(7-8-32-22)26-24(27)33-13-21(28)25-16-10-17(30-3)12-18(11-16)31-4/h5-12H,13H2,1-4H3,(H,25,28). The number of thiophene rings is 1. The highest BCUT2D eigenvalue weighted by molar-refractivity contribution is 7.99. The maximum atomic E-state index is 13.3. The lowest BCUT2D eigenvalue weighted by molar-refractivity contribution is -0.113. The summed E-state index contributed by atoms with van der Waals surface area (Å²) >= 11 is 2.58. The van der Waals surface area contributed by atoms with Gasteiger partial charge in [-0.1, -0.05) is 23.9 Å². The number of rotatable bonds is 7. The maximum absolute atomic E-state index is 13.3. The molecule has 0 aliphatic heterocycles. The van der Waals surface area contributed by atoms with Gasteiger partial charge in [-0.2, -0.15) is 0 Å². The van der Waals surface area contributed by atoms with Crippen LogP contribution in [0.5, 0.6) is 11.5 Å². The largest absolute Gasteiger partial charge is 0.497 e. The molecule has 0 aliphatic rings.